The van der Waals surface area contributed by atoms with Gasteiger partial charge in [-0.2, -0.15) is 10.2 Å². The minimum atomic E-state index is -0.238. The van der Waals surface area contributed by atoms with E-state index in [2.05, 4.69) is 25.5 Å². The molecule has 0 atom stereocenters. The highest BCUT2D eigenvalue weighted by Gasteiger charge is 2.22. The summed E-state index contributed by atoms with van der Waals surface area (Å²) in [7, 11) is 1.85. The number of carbonyl (C=O) groups is 1. The Morgan fingerprint density at radius 3 is 2.75 bits per heavy atom. The van der Waals surface area contributed by atoms with Crippen LogP contribution in [0.25, 0.3) is 17.1 Å². The first-order valence-electron chi connectivity index (χ1n) is 8.78. The van der Waals surface area contributed by atoms with Gasteiger partial charge in [-0.05, 0) is 18.1 Å². The largest absolute Gasteiger partial charge is 0.298 e. The Kier molecular flexibility index (Phi) is 4.74. The third-order valence-electron chi connectivity index (χ3n) is 4.19. The summed E-state index contributed by atoms with van der Waals surface area (Å²) in [5.41, 5.74) is 3.01. The van der Waals surface area contributed by atoms with E-state index in [-0.39, 0.29) is 11.8 Å². The van der Waals surface area contributed by atoms with Crippen molar-refractivity contribution in [1.82, 2.24) is 29.5 Å². The Hall–Kier alpha value is -3.33. The van der Waals surface area contributed by atoms with Crippen LogP contribution in [0.1, 0.15) is 35.8 Å². The monoisotopic (exact) mass is 393 g/mol. The fraction of sp³-hybridized carbons (Fsp3) is 0.211. The van der Waals surface area contributed by atoms with E-state index in [1.165, 1.54) is 11.3 Å². The van der Waals surface area contributed by atoms with Crippen LogP contribution in [0.2, 0.25) is 0 Å². The molecule has 0 fully saturated rings. The summed E-state index contributed by atoms with van der Waals surface area (Å²) in [4.78, 5) is 21.7. The molecular formula is C19H19N7OS. The van der Waals surface area contributed by atoms with E-state index in [0.29, 0.717) is 16.5 Å². The molecular weight excluding hydrogens is 374 g/mol. The van der Waals surface area contributed by atoms with Gasteiger partial charge in [-0.1, -0.05) is 19.9 Å². The van der Waals surface area contributed by atoms with Crippen molar-refractivity contribution in [2.45, 2.75) is 19.8 Å². The van der Waals surface area contributed by atoms with Crippen LogP contribution >= 0.6 is 11.3 Å². The molecule has 0 spiro atoms. The zero-order valence-corrected chi connectivity index (χ0v) is 16.5. The molecule has 0 aliphatic heterocycles. The third kappa shape index (κ3) is 3.44. The number of anilines is 1. The molecule has 0 bridgehead atoms. The molecule has 4 aromatic heterocycles. The van der Waals surface area contributed by atoms with Crippen molar-refractivity contribution in [3.05, 3.63) is 59.6 Å². The van der Waals surface area contributed by atoms with Gasteiger partial charge in [0.1, 0.15) is 0 Å². The van der Waals surface area contributed by atoms with Crippen LogP contribution in [0.4, 0.5) is 5.13 Å². The van der Waals surface area contributed by atoms with E-state index < -0.39 is 0 Å². The van der Waals surface area contributed by atoms with Crippen LogP contribution in [-0.4, -0.2) is 35.4 Å². The normalized spacial score (nSPS) is 11.1. The Labute approximate surface area is 165 Å². The minimum absolute atomic E-state index is 0.0903. The summed E-state index contributed by atoms with van der Waals surface area (Å²) in [6, 6.07) is 5.60. The average molecular weight is 393 g/mol. The second kappa shape index (κ2) is 7.35. The molecule has 0 aliphatic carbocycles. The second-order valence-corrected chi connectivity index (χ2v) is 7.45. The number of aromatic nitrogens is 6. The second-order valence-electron chi connectivity index (χ2n) is 6.59. The van der Waals surface area contributed by atoms with E-state index in [0.717, 1.165) is 17.0 Å². The molecule has 0 aliphatic rings. The lowest BCUT2D eigenvalue weighted by Crippen LogP contribution is -2.15. The Bertz CT molecular complexity index is 1110. The van der Waals surface area contributed by atoms with Crippen LogP contribution in [0, 0.1) is 0 Å². The van der Waals surface area contributed by atoms with Gasteiger partial charge in [-0.25, -0.2) is 14.6 Å². The molecule has 0 unspecified atom stereocenters. The molecule has 0 saturated carbocycles. The van der Waals surface area contributed by atoms with Gasteiger partial charge in [0, 0.05) is 30.4 Å². The number of carbonyl (C=O) groups excluding carboxylic acids is 1. The topological polar surface area (TPSA) is 90.5 Å². The molecule has 0 saturated heterocycles. The van der Waals surface area contributed by atoms with Gasteiger partial charge in [0.25, 0.3) is 5.91 Å². The molecule has 4 heterocycles. The van der Waals surface area contributed by atoms with Gasteiger partial charge in [-0.15, -0.1) is 11.3 Å². The highest BCUT2D eigenvalue weighted by molar-refractivity contribution is 7.14. The Morgan fingerprint density at radius 2 is 2.07 bits per heavy atom. The summed E-state index contributed by atoms with van der Waals surface area (Å²) < 4.78 is 3.43. The summed E-state index contributed by atoms with van der Waals surface area (Å²) in [5, 5.41) is 13.9. The molecule has 1 amide bonds. The first-order valence-corrected chi connectivity index (χ1v) is 9.66. The predicted molar refractivity (Wildman–Crippen MR) is 108 cm³/mol. The van der Waals surface area contributed by atoms with Crippen molar-refractivity contribution in [3.63, 3.8) is 0 Å². The van der Waals surface area contributed by atoms with Gasteiger partial charge in [0.05, 0.1) is 29.3 Å². The fourth-order valence-electron chi connectivity index (χ4n) is 2.93. The number of aryl methyl sites for hydroxylation is 1. The SMILES string of the molecule is CC(C)c1c(C(=O)Nc2nc(-c3cnn(C)c3)cs2)cnn1-c1ccccn1. The van der Waals surface area contributed by atoms with Gasteiger partial charge in [0.15, 0.2) is 10.9 Å². The summed E-state index contributed by atoms with van der Waals surface area (Å²) in [6.07, 6.45) is 6.91. The van der Waals surface area contributed by atoms with Crippen LogP contribution in [-0.2, 0) is 7.05 Å². The summed E-state index contributed by atoms with van der Waals surface area (Å²) in [6.45, 7) is 4.05. The van der Waals surface area contributed by atoms with Gasteiger partial charge < -0.3 is 0 Å². The van der Waals surface area contributed by atoms with Crippen molar-refractivity contribution in [2.75, 3.05) is 5.32 Å². The van der Waals surface area contributed by atoms with E-state index in [1.807, 2.05) is 50.7 Å². The zero-order chi connectivity index (χ0) is 19.7. The predicted octanol–water partition coefficient (Wildman–Crippen LogP) is 3.50. The molecule has 142 valence electrons. The lowest BCUT2D eigenvalue weighted by atomic mass is 10.1. The molecule has 9 heteroatoms. The number of amides is 1. The molecule has 0 aromatic carbocycles. The Balaban J connectivity index is 1.60. The fourth-order valence-corrected chi connectivity index (χ4v) is 3.65. The number of hydrogen-bond donors (Lipinski definition) is 1. The number of pyridine rings is 1. The molecule has 28 heavy (non-hydrogen) atoms. The number of hydrogen-bond acceptors (Lipinski definition) is 6. The first kappa shape index (κ1) is 18.1. The van der Waals surface area contributed by atoms with Crippen molar-refractivity contribution in [3.8, 4) is 17.1 Å². The van der Waals surface area contributed by atoms with Crippen LogP contribution < -0.4 is 5.32 Å². The minimum Gasteiger partial charge on any atom is -0.298 e. The Morgan fingerprint density at radius 1 is 1.21 bits per heavy atom. The summed E-state index contributed by atoms with van der Waals surface area (Å²) in [5.74, 6) is 0.531. The van der Waals surface area contributed by atoms with Crippen LogP contribution in [0.5, 0.6) is 0 Å². The smallest absolute Gasteiger partial charge is 0.260 e. The lowest BCUT2D eigenvalue weighted by molar-refractivity contribution is 0.102. The molecule has 0 radical (unpaired) electrons. The van der Waals surface area contributed by atoms with E-state index >= 15 is 0 Å². The lowest BCUT2D eigenvalue weighted by Gasteiger charge is -2.11. The zero-order valence-electron chi connectivity index (χ0n) is 15.7. The van der Waals surface area contributed by atoms with E-state index in [4.69, 9.17) is 0 Å². The average Bonchev–Trinajstić information content (AvgIpc) is 3.41. The maximum Gasteiger partial charge on any atom is 0.260 e. The van der Waals surface area contributed by atoms with Gasteiger partial charge >= 0.3 is 0 Å². The number of nitrogens with zero attached hydrogens (tertiary/aromatic N) is 6. The molecule has 4 rings (SSSR count). The van der Waals surface area contributed by atoms with Crippen LogP contribution in [0.3, 0.4) is 0 Å². The first-order chi connectivity index (χ1) is 13.5. The highest BCUT2D eigenvalue weighted by atomic mass is 32.1. The third-order valence-corrected chi connectivity index (χ3v) is 4.95. The van der Waals surface area contributed by atoms with Gasteiger partial charge in [-0.3, -0.25) is 14.8 Å². The number of thiazole rings is 1. The van der Waals surface area contributed by atoms with Crippen LogP contribution in [0.15, 0.2) is 48.4 Å². The summed E-state index contributed by atoms with van der Waals surface area (Å²) >= 11 is 1.37. The maximum atomic E-state index is 12.9. The quantitative estimate of drug-likeness (QED) is 0.560. The van der Waals surface area contributed by atoms with Crippen molar-refractivity contribution >= 4 is 22.4 Å². The van der Waals surface area contributed by atoms with E-state index in [9.17, 15) is 4.79 Å². The molecule has 8 nitrogen and oxygen atoms in total. The maximum absolute atomic E-state index is 12.9. The molecule has 4 aromatic rings. The number of nitrogens with one attached hydrogen (secondary N) is 1. The number of rotatable bonds is 5. The van der Waals surface area contributed by atoms with Gasteiger partial charge in [0.2, 0.25) is 0 Å². The highest BCUT2D eigenvalue weighted by Crippen LogP contribution is 2.26. The van der Waals surface area contributed by atoms with Crippen molar-refractivity contribution in [1.29, 1.82) is 0 Å². The van der Waals surface area contributed by atoms with E-state index in [1.54, 1.807) is 28.0 Å². The molecule has 1 N–H and O–H groups in total. The van der Waals surface area contributed by atoms with Crippen molar-refractivity contribution in [2.24, 2.45) is 7.05 Å². The standard InChI is InChI=1S/C19H19N7OS/c1-12(2)17-14(9-22-26(17)16-6-4-5-7-20-16)18(27)24-19-23-15(11-28-19)13-8-21-25(3)10-13/h4-12H,1-3H3,(H,23,24,27). The van der Waals surface area contributed by atoms with Crippen molar-refractivity contribution < 1.29 is 4.79 Å².